The number of aromatic amines is 1. The van der Waals surface area contributed by atoms with Crippen LogP contribution in [0.15, 0.2) is 30.3 Å². The van der Waals surface area contributed by atoms with Crippen LogP contribution in [-0.2, 0) is 22.9 Å². The first-order valence-corrected chi connectivity index (χ1v) is 10.1. The number of aromatic nitrogens is 4. The lowest BCUT2D eigenvalue weighted by atomic mass is 10.2. The quantitative estimate of drug-likeness (QED) is 0.198. The molecule has 9 nitrogen and oxygen atoms in total. The molecule has 4 rings (SSSR count). The zero-order valence-electron chi connectivity index (χ0n) is 17.9. The van der Waals surface area contributed by atoms with Gasteiger partial charge in [-0.25, -0.2) is 14.4 Å². The van der Waals surface area contributed by atoms with Crippen molar-refractivity contribution in [2.24, 2.45) is 12.8 Å². The first-order chi connectivity index (χ1) is 15.5. The number of ether oxygens (including phenoxy) is 3. The third kappa shape index (κ3) is 4.56. The van der Waals surface area contributed by atoms with Crippen LogP contribution in [0, 0.1) is 11.2 Å². The van der Waals surface area contributed by atoms with Crippen LogP contribution in [0.25, 0.3) is 22.1 Å². The number of amidine groups is 1. The molecule has 4 N–H and O–H groups in total. The van der Waals surface area contributed by atoms with Crippen molar-refractivity contribution in [2.45, 2.75) is 6.42 Å². The molecule has 0 aliphatic heterocycles. The van der Waals surface area contributed by atoms with Crippen molar-refractivity contribution < 1.29 is 18.6 Å². The summed E-state index contributed by atoms with van der Waals surface area (Å²) in [6, 6.07) is 8.14. The average Bonchev–Trinajstić information content (AvgIpc) is 3.31. The molecule has 2 aromatic heterocycles. The molecule has 4 aromatic rings. The van der Waals surface area contributed by atoms with Crippen LogP contribution >= 0.6 is 0 Å². The number of aryl methyl sites for hydroxylation is 1. The molecule has 2 aromatic carbocycles. The number of nitrogens with one attached hydrogen (secondary N) is 2. The maximum Gasteiger partial charge on any atom is 0.150 e. The molecule has 0 saturated carbocycles. The summed E-state index contributed by atoms with van der Waals surface area (Å²) >= 11 is 0. The summed E-state index contributed by atoms with van der Waals surface area (Å²) in [4.78, 5) is 12.5. The van der Waals surface area contributed by atoms with Crippen LogP contribution in [-0.4, -0.2) is 58.9 Å². The Balaban J connectivity index is 1.56. The number of nitrogens with two attached hydrogens (primary N) is 1. The number of methoxy groups -OCH3 is 1. The molecule has 2 heterocycles. The molecule has 0 amide bonds. The van der Waals surface area contributed by atoms with Crippen LogP contribution in [0.3, 0.4) is 0 Å². The van der Waals surface area contributed by atoms with Crippen molar-refractivity contribution in [3.05, 3.63) is 53.4 Å². The minimum absolute atomic E-state index is 0.00273. The van der Waals surface area contributed by atoms with E-state index in [4.69, 9.17) is 25.4 Å². The number of imidazole rings is 2. The third-order valence-corrected chi connectivity index (χ3v) is 5.09. The van der Waals surface area contributed by atoms with Gasteiger partial charge in [-0.2, -0.15) is 0 Å². The monoisotopic (exact) mass is 440 g/mol. The second-order valence-electron chi connectivity index (χ2n) is 7.32. The Morgan fingerprint density at radius 3 is 2.75 bits per heavy atom. The molecule has 168 valence electrons. The fraction of sp³-hybridized carbons (Fsp3) is 0.318. The van der Waals surface area contributed by atoms with Crippen LogP contribution in [0.2, 0.25) is 0 Å². The van der Waals surface area contributed by atoms with Gasteiger partial charge in [0, 0.05) is 31.9 Å². The molecule has 0 spiro atoms. The minimum atomic E-state index is -0.400. The first kappa shape index (κ1) is 21.7. The van der Waals surface area contributed by atoms with E-state index < -0.39 is 5.82 Å². The topological polar surface area (TPSA) is 124 Å². The van der Waals surface area contributed by atoms with Gasteiger partial charge in [-0.1, -0.05) is 0 Å². The van der Waals surface area contributed by atoms with Crippen LogP contribution < -0.4 is 10.5 Å². The molecule has 0 bridgehead atoms. The number of halogens is 1. The maximum atomic E-state index is 14.2. The standard InChI is InChI=1S/C22H25FN6O3/c1-29-17-10-14(23)11-18(32-8-7-31-6-5-30-2)21(17)28-20(29)12-19-26-15-4-3-13(22(24)25)9-16(15)27-19/h3-4,9-11H,5-8,12H2,1-2H3,(H3,24,25)(H,26,27). The molecule has 0 fully saturated rings. The van der Waals surface area contributed by atoms with Crippen molar-refractivity contribution in [3.8, 4) is 5.75 Å². The van der Waals surface area contributed by atoms with E-state index in [9.17, 15) is 4.39 Å². The molecular weight excluding hydrogens is 415 g/mol. The van der Waals surface area contributed by atoms with Crippen molar-refractivity contribution in [1.29, 1.82) is 5.41 Å². The number of hydrogen-bond donors (Lipinski definition) is 3. The molecule has 0 unspecified atom stereocenters. The SMILES string of the molecule is COCCOCCOc1cc(F)cc2c1nc(Cc1nc3ccc(C(=N)N)cc3[nH]1)n2C. The number of rotatable bonds is 10. The molecule has 0 aliphatic carbocycles. The van der Waals surface area contributed by atoms with Crippen LogP contribution in [0.4, 0.5) is 4.39 Å². The van der Waals surface area contributed by atoms with Gasteiger partial charge in [-0.15, -0.1) is 0 Å². The van der Waals surface area contributed by atoms with E-state index in [2.05, 4.69) is 15.0 Å². The number of nitrogens with zero attached hydrogens (tertiary/aromatic N) is 3. The predicted octanol–water partition coefficient (Wildman–Crippen LogP) is 2.51. The lowest BCUT2D eigenvalue weighted by Crippen LogP contribution is -2.10. The molecule has 0 radical (unpaired) electrons. The zero-order valence-corrected chi connectivity index (χ0v) is 17.9. The predicted molar refractivity (Wildman–Crippen MR) is 119 cm³/mol. The Bertz CT molecular complexity index is 1270. The lowest BCUT2D eigenvalue weighted by molar-refractivity contribution is 0.0546. The van der Waals surface area contributed by atoms with E-state index in [-0.39, 0.29) is 12.4 Å². The van der Waals surface area contributed by atoms with E-state index in [1.165, 1.54) is 12.1 Å². The Kier molecular flexibility index (Phi) is 6.33. The number of hydrogen-bond acceptors (Lipinski definition) is 6. The molecule has 0 atom stereocenters. The van der Waals surface area contributed by atoms with Gasteiger partial charge >= 0.3 is 0 Å². The van der Waals surface area contributed by atoms with Gasteiger partial charge in [0.05, 0.1) is 42.8 Å². The summed E-state index contributed by atoms with van der Waals surface area (Å²) in [6.07, 6.45) is 0.413. The summed E-state index contributed by atoms with van der Waals surface area (Å²) < 4.78 is 32.1. The Hall–Kier alpha value is -3.50. The van der Waals surface area contributed by atoms with Gasteiger partial charge in [0.15, 0.2) is 0 Å². The Morgan fingerprint density at radius 1 is 1.16 bits per heavy atom. The molecule has 10 heteroatoms. The summed E-state index contributed by atoms with van der Waals surface area (Å²) in [7, 11) is 3.44. The van der Waals surface area contributed by atoms with Crippen LogP contribution in [0.5, 0.6) is 5.75 Å². The highest BCUT2D eigenvalue weighted by Gasteiger charge is 2.16. The van der Waals surface area contributed by atoms with Gasteiger partial charge in [-0.05, 0) is 18.2 Å². The zero-order chi connectivity index (χ0) is 22.7. The smallest absolute Gasteiger partial charge is 0.150 e. The van der Waals surface area contributed by atoms with E-state index in [0.717, 1.165) is 11.0 Å². The van der Waals surface area contributed by atoms with Gasteiger partial charge in [0.1, 0.15) is 41.2 Å². The molecular formula is C22H25FN6O3. The van der Waals surface area contributed by atoms with Crippen molar-refractivity contribution in [1.82, 2.24) is 19.5 Å². The fourth-order valence-electron chi connectivity index (χ4n) is 3.46. The van der Waals surface area contributed by atoms with E-state index in [0.29, 0.717) is 60.2 Å². The highest BCUT2D eigenvalue weighted by atomic mass is 19.1. The highest BCUT2D eigenvalue weighted by molar-refractivity contribution is 5.97. The summed E-state index contributed by atoms with van der Waals surface area (Å²) in [5, 5.41) is 7.59. The van der Waals surface area contributed by atoms with Gasteiger partial charge in [0.2, 0.25) is 0 Å². The van der Waals surface area contributed by atoms with Gasteiger partial charge < -0.3 is 29.5 Å². The van der Waals surface area contributed by atoms with E-state index >= 15 is 0 Å². The normalized spacial score (nSPS) is 11.5. The lowest BCUT2D eigenvalue weighted by Gasteiger charge is -2.08. The summed E-state index contributed by atoms with van der Waals surface area (Å²) in [6.45, 7) is 1.61. The average molecular weight is 440 g/mol. The number of nitrogen functional groups attached to an aromatic ring is 1. The molecule has 0 aliphatic rings. The molecule has 32 heavy (non-hydrogen) atoms. The Labute approximate surface area is 183 Å². The third-order valence-electron chi connectivity index (χ3n) is 5.09. The number of H-pyrrole nitrogens is 1. The maximum absolute atomic E-state index is 14.2. The van der Waals surface area contributed by atoms with Gasteiger partial charge in [0.25, 0.3) is 0 Å². The van der Waals surface area contributed by atoms with Crippen LogP contribution in [0.1, 0.15) is 17.2 Å². The van der Waals surface area contributed by atoms with Crippen molar-refractivity contribution in [2.75, 3.05) is 33.5 Å². The number of fused-ring (bicyclic) bond motifs is 2. The summed E-state index contributed by atoms with van der Waals surface area (Å²) in [5.41, 5.74) is 8.96. The van der Waals surface area contributed by atoms with Gasteiger partial charge in [-0.3, -0.25) is 5.41 Å². The largest absolute Gasteiger partial charge is 0.489 e. The molecule has 0 saturated heterocycles. The second kappa shape index (κ2) is 9.33. The minimum Gasteiger partial charge on any atom is -0.489 e. The second-order valence-corrected chi connectivity index (χ2v) is 7.32. The van der Waals surface area contributed by atoms with Crippen molar-refractivity contribution in [3.63, 3.8) is 0 Å². The summed E-state index contributed by atoms with van der Waals surface area (Å²) in [5.74, 6) is 1.37. The highest BCUT2D eigenvalue weighted by Crippen LogP contribution is 2.28. The van der Waals surface area contributed by atoms with E-state index in [1.807, 2.05) is 17.7 Å². The van der Waals surface area contributed by atoms with E-state index in [1.54, 1.807) is 19.2 Å². The Morgan fingerprint density at radius 2 is 1.97 bits per heavy atom. The number of benzene rings is 2. The first-order valence-electron chi connectivity index (χ1n) is 10.1. The fourth-order valence-corrected chi connectivity index (χ4v) is 3.46. The van der Waals surface area contributed by atoms with Crippen molar-refractivity contribution >= 4 is 27.9 Å².